The number of imidazole rings is 1. The number of fused-ring (bicyclic) bond motifs is 5. The van der Waals surface area contributed by atoms with Crippen LogP contribution in [0.15, 0.2) is 57.8 Å². The lowest BCUT2D eigenvalue weighted by atomic mass is 10.1. The summed E-state index contributed by atoms with van der Waals surface area (Å²) in [5, 5.41) is 13.5. The number of benzene rings is 2. The molecule has 4 heterocycles. The second-order valence-electron chi connectivity index (χ2n) is 9.57. The maximum atomic E-state index is 5.66. The van der Waals surface area contributed by atoms with E-state index in [4.69, 9.17) is 9.51 Å². The van der Waals surface area contributed by atoms with Gasteiger partial charge in [0.2, 0.25) is 0 Å². The second kappa shape index (κ2) is 8.12. The molecule has 2 aliphatic rings. The van der Waals surface area contributed by atoms with Crippen molar-refractivity contribution >= 4 is 21.6 Å². The first-order chi connectivity index (χ1) is 17.5. The van der Waals surface area contributed by atoms with Gasteiger partial charge in [-0.3, -0.25) is 4.57 Å². The van der Waals surface area contributed by atoms with Crippen molar-refractivity contribution in [3.05, 3.63) is 76.2 Å². The summed E-state index contributed by atoms with van der Waals surface area (Å²) < 4.78 is 10.9. The molecule has 3 aromatic heterocycles. The van der Waals surface area contributed by atoms with E-state index in [0.29, 0.717) is 30.5 Å². The molecule has 9 nitrogen and oxygen atoms in total. The summed E-state index contributed by atoms with van der Waals surface area (Å²) >= 11 is 3.63. The van der Waals surface area contributed by atoms with Crippen LogP contribution in [0, 0.1) is 0 Å². The Labute approximate surface area is 215 Å². The number of rotatable bonds is 5. The molecular formula is C26H23BrN8O. The Bertz CT molecular complexity index is 1590. The molecule has 0 amide bonds. The van der Waals surface area contributed by atoms with Gasteiger partial charge in [-0.2, -0.15) is 4.98 Å². The Morgan fingerprint density at radius 2 is 1.92 bits per heavy atom. The van der Waals surface area contributed by atoms with Crippen molar-refractivity contribution in [2.45, 2.75) is 31.7 Å². The first-order valence-electron chi connectivity index (χ1n) is 11.9. The van der Waals surface area contributed by atoms with E-state index in [-0.39, 0.29) is 0 Å². The molecule has 2 aromatic carbocycles. The highest BCUT2D eigenvalue weighted by atomic mass is 79.9. The van der Waals surface area contributed by atoms with E-state index in [1.165, 1.54) is 5.56 Å². The number of aromatic nitrogens is 7. The number of anilines is 1. The zero-order valence-electron chi connectivity index (χ0n) is 19.9. The summed E-state index contributed by atoms with van der Waals surface area (Å²) in [7, 11) is 4.08. The average Bonchev–Trinajstić information content (AvgIpc) is 3.31. The monoisotopic (exact) mass is 542 g/mol. The Hall–Kier alpha value is -3.79. The molecule has 0 unspecified atom stereocenters. The molecule has 0 atom stereocenters. The van der Waals surface area contributed by atoms with Crippen molar-refractivity contribution in [3.8, 4) is 28.7 Å². The van der Waals surface area contributed by atoms with Gasteiger partial charge >= 0.3 is 0 Å². The molecule has 0 bridgehead atoms. The highest BCUT2D eigenvalue weighted by molar-refractivity contribution is 9.10. The summed E-state index contributed by atoms with van der Waals surface area (Å²) in [6.45, 7) is 0.538. The summed E-state index contributed by atoms with van der Waals surface area (Å²) in [5.74, 6) is 3.36. The Kier molecular flexibility index (Phi) is 4.85. The standard InChI is InChI=1S/C26H23BrN8O/c1-33(2)18-8-3-15(4-9-18)11-22-30-31-25-19-12-17(27)7-10-20(19)35-14-28-23(21(35)13-34(22)25)26-29-24(32-36-26)16-5-6-16/h3-4,7-10,12,14,16H,5-6,11,13H2,1-2H3. The lowest BCUT2D eigenvalue weighted by molar-refractivity contribution is 0.421. The topological polar surface area (TPSA) is 90.7 Å². The van der Waals surface area contributed by atoms with Gasteiger partial charge in [-0.05, 0) is 48.7 Å². The molecule has 1 aliphatic heterocycles. The van der Waals surface area contributed by atoms with Crippen molar-refractivity contribution in [3.63, 3.8) is 0 Å². The van der Waals surface area contributed by atoms with Crippen molar-refractivity contribution in [1.82, 2.24) is 34.5 Å². The largest absolute Gasteiger partial charge is 0.378 e. The van der Waals surface area contributed by atoms with Crippen LogP contribution in [0.3, 0.4) is 0 Å². The van der Waals surface area contributed by atoms with Crippen LogP contribution in [-0.4, -0.2) is 48.6 Å². The number of hydrogen-bond donors (Lipinski definition) is 0. The molecule has 1 fully saturated rings. The third-order valence-corrected chi connectivity index (χ3v) is 7.36. The van der Waals surface area contributed by atoms with E-state index in [0.717, 1.165) is 57.4 Å². The molecule has 0 N–H and O–H groups in total. The van der Waals surface area contributed by atoms with Crippen LogP contribution in [-0.2, 0) is 13.0 Å². The van der Waals surface area contributed by atoms with Crippen LogP contribution in [0.1, 0.15) is 41.7 Å². The molecule has 10 heteroatoms. The van der Waals surface area contributed by atoms with E-state index in [1.807, 2.05) is 26.5 Å². The Balaban J connectivity index is 1.34. The number of nitrogens with zero attached hydrogens (tertiary/aromatic N) is 8. The summed E-state index contributed by atoms with van der Waals surface area (Å²) in [5.41, 5.74) is 5.98. The number of halogens is 1. The fourth-order valence-electron chi connectivity index (χ4n) is 4.72. The summed E-state index contributed by atoms with van der Waals surface area (Å²) in [4.78, 5) is 11.5. The first kappa shape index (κ1) is 21.5. The van der Waals surface area contributed by atoms with E-state index in [1.54, 1.807) is 0 Å². The SMILES string of the molecule is CN(C)c1ccc(Cc2nnc3n2Cc2c(-c4nc(C5CC5)no4)ncn2-c2ccc(Br)cc2-3)cc1. The van der Waals surface area contributed by atoms with Gasteiger partial charge in [0.25, 0.3) is 5.89 Å². The quantitative estimate of drug-likeness (QED) is 0.307. The van der Waals surface area contributed by atoms with E-state index >= 15 is 0 Å². The highest BCUT2D eigenvalue weighted by Crippen LogP contribution is 2.40. The normalized spacial score (nSPS) is 14.2. The van der Waals surface area contributed by atoms with Gasteiger partial charge < -0.3 is 14.0 Å². The van der Waals surface area contributed by atoms with Crippen molar-refractivity contribution < 1.29 is 4.52 Å². The van der Waals surface area contributed by atoms with E-state index in [9.17, 15) is 0 Å². The van der Waals surface area contributed by atoms with Crippen molar-refractivity contribution in [1.29, 1.82) is 0 Å². The summed E-state index contributed by atoms with van der Waals surface area (Å²) in [6.07, 6.45) is 4.73. The highest BCUT2D eigenvalue weighted by Gasteiger charge is 2.32. The fraction of sp³-hybridized carbons (Fsp3) is 0.269. The van der Waals surface area contributed by atoms with Gasteiger partial charge in [0.05, 0.1) is 17.9 Å². The van der Waals surface area contributed by atoms with Gasteiger partial charge in [0, 0.05) is 42.2 Å². The van der Waals surface area contributed by atoms with Crippen LogP contribution in [0.25, 0.3) is 28.7 Å². The predicted molar refractivity (Wildman–Crippen MR) is 138 cm³/mol. The third kappa shape index (κ3) is 3.55. The van der Waals surface area contributed by atoms with Crippen LogP contribution in [0.4, 0.5) is 5.69 Å². The zero-order valence-corrected chi connectivity index (χ0v) is 21.5. The Morgan fingerprint density at radius 1 is 1.08 bits per heavy atom. The fourth-order valence-corrected chi connectivity index (χ4v) is 5.08. The molecule has 7 rings (SSSR count). The predicted octanol–water partition coefficient (Wildman–Crippen LogP) is 4.84. The van der Waals surface area contributed by atoms with Crippen LogP contribution >= 0.6 is 15.9 Å². The molecule has 0 spiro atoms. The second-order valence-corrected chi connectivity index (χ2v) is 10.5. The van der Waals surface area contributed by atoms with Crippen molar-refractivity contribution in [2.75, 3.05) is 19.0 Å². The minimum absolute atomic E-state index is 0.414. The zero-order chi connectivity index (χ0) is 24.4. The molecule has 5 aromatic rings. The molecule has 1 aliphatic carbocycles. The van der Waals surface area contributed by atoms with E-state index < -0.39 is 0 Å². The lowest BCUT2D eigenvalue weighted by Crippen LogP contribution is -2.10. The van der Waals surface area contributed by atoms with Gasteiger partial charge in [0.1, 0.15) is 12.2 Å². The third-order valence-electron chi connectivity index (χ3n) is 6.86. The van der Waals surface area contributed by atoms with Crippen molar-refractivity contribution in [2.24, 2.45) is 0 Å². The minimum Gasteiger partial charge on any atom is -0.378 e. The van der Waals surface area contributed by atoms with Gasteiger partial charge in [-0.25, -0.2) is 4.98 Å². The van der Waals surface area contributed by atoms with Crippen LogP contribution in [0.2, 0.25) is 0 Å². The molecular weight excluding hydrogens is 520 g/mol. The molecule has 180 valence electrons. The summed E-state index contributed by atoms with van der Waals surface area (Å²) in [6, 6.07) is 14.7. The molecule has 0 radical (unpaired) electrons. The average molecular weight is 543 g/mol. The van der Waals surface area contributed by atoms with Crippen LogP contribution in [0.5, 0.6) is 0 Å². The maximum absolute atomic E-state index is 5.66. The van der Waals surface area contributed by atoms with E-state index in [2.05, 4.69) is 86.7 Å². The van der Waals surface area contributed by atoms with Gasteiger partial charge in [0.15, 0.2) is 17.3 Å². The minimum atomic E-state index is 0.414. The Morgan fingerprint density at radius 3 is 2.69 bits per heavy atom. The first-order valence-corrected chi connectivity index (χ1v) is 12.7. The molecule has 36 heavy (non-hydrogen) atoms. The van der Waals surface area contributed by atoms with Gasteiger partial charge in [-0.1, -0.05) is 33.2 Å². The van der Waals surface area contributed by atoms with Crippen LogP contribution < -0.4 is 4.90 Å². The smallest absolute Gasteiger partial charge is 0.278 e. The lowest BCUT2D eigenvalue weighted by Gasteiger charge is -2.13. The van der Waals surface area contributed by atoms with Gasteiger partial charge in [-0.15, -0.1) is 10.2 Å². The maximum Gasteiger partial charge on any atom is 0.278 e. The number of hydrogen-bond acceptors (Lipinski definition) is 7. The molecule has 1 saturated carbocycles. The molecule has 0 saturated heterocycles.